The van der Waals surface area contributed by atoms with Crippen LogP contribution in [0.5, 0.6) is 11.5 Å². The monoisotopic (exact) mass is 405 g/mol. The molecule has 1 amide bonds. The summed E-state index contributed by atoms with van der Waals surface area (Å²) in [6.07, 6.45) is 6.46. The largest absolute Gasteiger partial charge is 0.493 e. The summed E-state index contributed by atoms with van der Waals surface area (Å²) in [5.41, 5.74) is 3.04. The molecule has 2 aromatic carbocycles. The van der Waals surface area contributed by atoms with Gasteiger partial charge in [0.25, 0.3) is 0 Å². The van der Waals surface area contributed by atoms with Gasteiger partial charge in [0.1, 0.15) is 0 Å². The average molecular weight is 405 g/mol. The van der Waals surface area contributed by atoms with Gasteiger partial charge in [-0.3, -0.25) is 9.59 Å². The number of hydrogen-bond donors (Lipinski definition) is 1. The van der Waals surface area contributed by atoms with E-state index in [1.54, 1.807) is 36.8 Å². The highest BCUT2D eigenvalue weighted by Crippen LogP contribution is 2.28. The van der Waals surface area contributed by atoms with Crippen LogP contribution in [0, 0.1) is 6.92 Å². The van der Waals surface area contributed by atoms with Gasteiger partial charge >= 0.3 is 5.97 Å². The van der Waals surface area contributed by atoms with Crippen LogP contribution in [0.4, 0.5) is 5.82 Å². The van der Waals surface area contributed by atoms with Gasteiger partial charge in [0.15, 0.2) is 17.3 Å². The van der Waals surface area contributed by atoms with Crippen LogP contribution in [0.3, 0.4) is 0 Å². The minimum absolute atomic E-state index is 0.294. The number of ether oxygens (including phenoxy) is 2. The van der Waals surface area contributed by atoms with Crippen LogP contribution in [0.25, 0.3) is 6.08 Å². The van der Waals surface area contributed by atoms with Gasteiger partial charge in [0.2, 0.25) is 5.91 Å². The molecule has 0 fully saturated rings. The zero-order chi connectivity index (χ0) is 21.5. The standard InChI is InChI=1S/C23H23N3O4/c1-16-5-4-6-19(11-16)13-26-14-22(24-15-26)25-23(28)10-8-18-7-9-20(29-3)21(12-18)30-17(2)27/h4-12,14-15H,13H2,1-3H3,(H,25,28)/b10-8+. The van der Waals surface area contributed by atoms with Crippen molar-refractivity contribution in [2.75, 3.05) is 12.4 Å². The Morgan fingerprint density at radius 1 is 1.17 bits per heavy atom. The summed E-state index contributed by atoms with van der Waals surface area (Å²) < 4.78 is 12.2. The van der Waals surface area contributed by atoms with E-state index < -0.39 is 5.97 Å². The number of carbonyl (C=O) groups excluding carboxylic acids is 2. The second-order valence-corrected chi connectivity index (χ2v) is 6.75. The third kappa shape index (κ3) is 5.81. The van der Waals surface area contributed by atoms with E-state index >= 15 is 0 Å². The van der Waals surface area contributed by atoms with Crippen molar-refractivity contribution in [3.8, 4) is 11.5 Å². The van der Waals surface area contributed by atoms with E-state index in [1.165, 1.54) is 25.7 Å². The van der Waals surface area contributed by atoms with E-state index in [0.29, 0.717) is 29.4 Å². The van der Waals surface area contributed by atoms with Crippen molar-refractivity contribution in [3.05, 3.63) is 77.8 Å². The summed E-state index contributed by atoms with van der Waals surface area (Å²) in [5.74, 6) is 0.426. The van der Waals surface area contributed by atoms with Gasteiger partial charge in [0.05, 0.1) is 13.4 Å². The number of benzene rings is 2. The van der Waals surface area contributed by atoms with Gasteiger partial charge in [-0.1, -0.05) is 35.9 Å². The van der Waals surface area contributed by atoms with Crippen LogP contribution in [-0.4, -0.2) is 28.5 Å². The normalized spacial score (nSPS) is 10.8. The summed E-state index contributed by atoms with van der Waals surface area (Å²) in [7, 11) is 1.49. The van der Waals surface area contributed by atoms with Crippen LogP contribution in [0.1, 0.15) is 23.6 Å². The second-order valence-electron chi connectivity index (χ2n) is 6.75. The lowest BCUT2D eigenvalue weighted by Crippen LogP contribution is -2.08. The van der Waals surface area contributed by atoms with Crippen molar-refractivity contribution in [2.24, 2.45) is 0 Å². The molecular weight excluding hydrogens is 382 g/mol. The molecule has 3 aromatic rings. The highest BCUT2D eigenvalue weighted by atomic mass is 16.6. The highest BCUT2D eigenvalue weighted by molar-refractivity contribution is 6.01. The Hall–Kier alpha value is -3.87. The number of imidazole rings is 1. The molecule has 0 saturated heterocycles. The minimum atomic E-state index is -0.451. The first kappa shape index (κ1) is 20.9. The zero-order valence-electron chi connectivity index (χ0n) is 17.1. The predicted molar refractivity (Wildman–Crippen MR) is 114 cm³/mol. The summed E-state index contributed by atoms with van der Waals surface area (Å²) in [6, 6.07) is 13.3. The first-order chi connectivity index (χ1) is 14.4. The van der Waals surface area contributed by atoms with Gasteiger partial charge in [-0.25, -0.2) is 4.98 Å². The zero-order valence-corrected chi connectivity index (χ0v) is 17.1. The molecule has 0 aliphatic carbocycles. The van der Waals surface area contributed by atoms with Crippen LogP contribution >= 0.6 is 0 Å². The van der Waals surface area contributed by atoms with Crippen LogP contribution in [0.2, 0.25) is 0 Å². The Balaban J connectivity index is 1.62. The van der Waals surface area contributed by atoms with E-state index in [1.807, 2.05) is 29.7 Å². The molecule has 0 aliphatic heterocycles. The van der Waals surface area contributed by atoms with Crippen LogP contribution in [-0.2, 0) is 16.1 Å². The van der Waals surface area contributed by atoms with Crippen LogP contribution < -0.4 is 14.8 Å². The summed E-state index contributed by atoms with van der Waals surface area (Å²) in [4.78, 5) is 27.7. The van der Waals surface area contributed by atoms with E-state index in [0.717, 1.165) is 5.56 Å². The van der Waals surface area contributed by atoms with E-state index in [9.17, 15) is 9.59 Å². The fraction of sp³-hybridized carbons (Fsp3) is 0.174. The minimum Gasteiger partial charge on any atom is -0.493 e. The molecule has 7 nitrogen and oxygen atoms in total. The first-order valence-corrected chi connectivity index (χ1v) is 9.36. The van der Waals surface area contributed by atoms with Crippen molar-refractivity contribution >= 4 is 23.8 Å². The number of anilines is 1. The Bertz CT molecular complexity index is 1090. The number of esters is 1. The molecule has 0 saturated carbocycles. The molecule has 154 valence electrons. The van der Waals surface area contributed by atoms with Crippen molar-refractivity contribution < 1.29 is 19.1 Å². The van der Waals surface area contributed by atoms with Gasteiger partial charge < -0.3 is 19.4 Å². The Morgan fingerprint density at radius 3 is 2.73 bits per heavy atom. The van der Waals surface area contributed by atoms with Crippen molar-refractivity contribution in [2.45, 2.75) is 20.4 Å². The maximum atomic E-state index is 12.2. The maximum absolute atomic E-state index is 12.2. The molecule has 30 heavy (non-hydrogen) atoms. The fourth-order valence-corrected chi connectivity index (χ4v) is 2.90. The van der Waals surface area contributed by atoms with Crippen molar-refractivity contribution in [1.29, 1.82) is 0 Å². The molecule has 0 unspecified atom stereocenters. The number of methoxy groups -OCH3 is 1. The Morgan fingerprint density at radius 2 is 2.00 bits per heavy atom. The number of rotatable bonds is 7. The van der Waals surface area contributed by atoms with E-state index in [-0.39, 0.29) is 5.91 Å². The summed E-state index contributed by atoms with van der Waals surface area (Å²) in [5, 5.41) is 2.73. The number of nitrogens with one attached hydrogen (secondary N) is 1. The smallest absolute Gasteiger partial charge is 0.308 e. The SMILES string of the molecule is COc1ccc(/C=C/C(=O)Nc2cn(Cc3cccc(C)c3)cn2)cc1OC(C)=O. The number of carbonyl (C=O) groups is 2. The first-order valence-electron chi connectivity index (χ1n) is 9.36. The highest BCUT2D eigenvalue weighted by Gasteiger charge is 2.08. The Labute approximate surface area is 175 Å². The van der Waals surface area contributed by atoms with Crippen LogP contribution in [0.15, 0.2) is 61.1 Å². The molecule has 0 radical (unpaired) electrons. The predicted octanol–water partition coefficient (Wildman–Crippen LogP) is 3.83. The van der Waals surface area contributed by atoms with Gasteiger partial charge in [0, 0.05) is 25.7 Å². The number of nitrogens with zero attached hydrogens (tertiary/aromatic N) is 2. The van der Waals surface area contributed by atoms with Gasteiger partial charge in [-0.05, 0) is 36.3 Å². The molecule has 0 atom stereocenters. The quantitative estimate of drug-likeness (QED) is 0.367. The maximum Gasteiger partial charge on any atom is 0.308 e. The van der Waals surface area contributed by atoms with Gasteiger partial charge in [-0.15, -0.1) is 0 Å². The lowest BCUT2D eigenvalue weighted by Gasteiger charge is -2.08. The van der Waals surface area contributed by atoms with Crippen molar-refractivity contribution in [3.63, 3.8) is 0 Å². The number of hydrogen-bond acceptors (Lipinski definition) is 5. The summed E-state index contributed by atoms with van der Waals surface area (Å²) in [6.45, 7) is 4.03. The van der Waals surface area contributed by atoms with Crippen molar-refractivity contribution in [1.82, 2.24) is 9.55 Å². The van der Waals surface area contributed by atoms with E-state index in [4.69, 9.17) is 9.47 Å². The number of aromatic nitrogens is 2. The molecule has 7 heteroatoms. The van der Waals surface area contributed by atoms with Gasteiger partial charge in [-0.2, -0.15) is 0 Å². The molecule has 1 N–H and O–H groups in total. The third-order valence-electron chi connectivity index (χ3n) is 4.20. The average Bonchev–Trinajstić information content (AvgIpc) is 3.12. The second kappa shape index (κ2) is 9.56. The third-order valence-corrected chi connectivity index (χ3v) is 4.20. The lowest BCUT2D eigenvalue weighted by molar-refractivity contribution is -0.132. The molecule has 3 rings (SSSR count). The molecule has 1 heterocycles. The summed E-state index contributed by atoms with van der Waals surface area (Å²) >= 11 is 0. The number of aryl methyl sites for hydroxylation is 1. The molecule has 0 spiro atoms. The fourth-order valence-electron chi connectivity index (χ4n) is 2.90. The molecule has 1 aromatic heterocycles. The molecule has 0 bridgehead atoms. The topological polar surface area (TPSA) is 82.4 Å². The molecular formula is C23H23N3O4. The molecule has 0 aliphatic rings. The lowest BCUT2D eigenvalue weighted by atomic mass is 10.1. The number of amides is 1. The van der Waals surface area contributed by atoms with E-state index in [2.05, 4.69) is 16.4 Å². The Kier molecular flexibility index (Phi) is 6.64.